The number of allylic oxidation sites excluding steroid dienone is 1. The van der Waals surface area contributed by atoms with Gasteiger partial charge in [-0.1, -0.05) is 0 Å². The molecular formula is C6H9FO2. The van der Waals surface area contributed by atoms with Crippen molar-refractivity contribution in [2.45, 2.75) is 6.92 Å². The van der Waals surface area contributed by atoms with E-state index in [0.29, 0.717) is 6.61 Å². The molecule has 0 aliphatic rings. The number of carbonyl (C=O) groups excluding carboxylic acids is 1. The topological polar surface area (TPSA) is 26.3 Å². The summed E-state index contributed by atoms with van der Waals surface area (Å²) in [6, 6.07) is 0. The number of esters is 1. The van der Waals surface area contributed by atoms with E-state index in [4.69, 9.17) is 0 Å². The third-order valence-corrected chi connectivity index (χ3v) is 0.630. The SMILES string of the molecule is CCOC(=O)/C=C\CF. The second-order valence-corrected chi connectivity index (χ2v) is 1.31. The van der Waals surface area contributed by atoms with Gasteiger partial charge in [0.15, 0.2) is 0 Å². The van der Waals surface area contributed by atoms with Crippen LogP contribution in [0, 0.1) is 0 Å². The fraction of sp³-hybridized carbons (Fsp3) is 0.500. The lowest BCUT2D eigenvalue weighted by Gasteiger charge is -1.92. The van der Waals surface area contributed by atoms with Crippen molar-refractivity contribution in [1.29, 1.82) is 0 Å². The lowest BCUT2D eigenvalue weighted by molar-refractivity contribution is -0.137. The molecular weight excluding hydrogens is 123 g/mol. The van der Waals surface area contributed by atoms with Gasteiger partial charge < -0.3 is 4.74 Å². The molecule has 0 bridgehead atoms. The molecule has 0 unspecified atom stereocenters. The minimum Gasteiger partial charge on any atom is -0.463 e. The second-order valence-electron chi connectivity index (χ2n) is 1.31. The minimum atomic E-state index is -0.626. The standard InChI is InChI=1S/C6H9FO2/c1-2-9-6(8)4-3-5-7/h3-4H,2,5H2,1H3/b4-3-. The number of ether oxygens (including phenoxy) is 1. The van der Waals surface area contributed by atoms with Crippen LogP contribution in [0.25, 0.3) is 0 Å². The smallest absolute Gasteiger partial charge is 0.330 e. The fourth-order valence-corrected chi connectivity index (χ4v) is 0.331. The predicted octanol–water partition coefficient (Wildman–Crippen LogP) is 1.08. The minimum absolute atomic E-state index is 0.329. The summed E-state index contributed by atoms with van der Waals surface area (Å²) >= 11 is 0. The van der Waals surface area contributed by atoms with Gasteiger partial charge in [0.2, 0.25) is 0 Å². The first-order valence-electron chi connectivity index (χ1n) is 2.70. The molecule has 0 heterocycles. The molecule has 0 aromatic rings. The summed E-state index contributed by atoms with van der Waals surface area (Å²) in [5.41, 5.74) is 0. The van der Waals surface area contributed by atoms with Gasteiger partial charge in [-0.25, -0.2) is 9.18 Å². The van der Waals surface area contributed by atoms with Gasteiger partial charge in [-0.3, -0.25) is 0 Å². The number of carbonyl (C=O) groups is 1. The van der Waals surface area contributed by atoms with E-state index in [0.717, 1.165) is 12.2 Å². The van der Waals surface area contributed by atoms with Crippen LogP contribution in [-0.2, 0) is 9.53 Å². The van der Waals surface area contributed by atoms with Crippen molar-refractivity contribution < 1.29 is 13.9 Å². The fourth-order valence-electron chi connectivity index (χ4n) is 0.331. The van der Waals surface area contributed by atoms with E-state index >= 15 is 0 Å². The Balaban J connectivity index is 3.37. The second kappa shape index (κ2) is 5.28. The van der Waals surface area contributed by atoms with E-state index in [1.165, 1.54) is 0 Å². The Morgan fingerprint density at radius 1 is 1.78 bits per heavy atom. The zero-order valence-electron chi connectivity index (χ0n) is 5.26. The molecule has 52 valence electrons. The van der Waals surface area contributed by atoms with Gasteiger partial charge in [0, 0.05) is 6.08 Å². The van der Waals surface area contributed by atoms with Crippen LogP contribution in [0.2, 0.25) is 0 Å². The van der Waals surface area contributed by atoms with Gasteiger partial charge >= 0.3 is 5.97 Å². The Bertz CT molecular complexity index is 110. The van der Waals surface area contributed by atoms with Gasteiger partial charge in [0.25, 0.3) is 0 Å². The normalized spacial score (nSPS) is 10.0. The first-order valence-corrected chi connectivity index (χ1v) is 2.70. The molecule has 0 radical (unpaired) electrons. The lowest BCUT2D eigenvalue weighted by Crippen LogP contribution is -1.98. The maximum atomic E-state index is 11.3. The third kappa shape index (κ3) is 5.00. The Morgan fingerprint density at radius 3 is 2.89 bits per heavy atom. The van der Waals surface area contributed by atoms with Gasteiger partial charge in [-0.2, -0.15) is 0 Å². The number of alkyl halides is 1. The summed E-state index contributed by atoms with van der Waals surface area (Å²) in [6.07, 6.45) is 2.18. The molecule has 9 heavy (non-hydrogen) atoms. The highest BCUT2D eigenvalue weighted by atomic mass is 19.1. The number of halogens is 1. The highest BCUT2D eigenvalue weighted by Crippen LogP contribution is 1.80. The van der Waals surface area contributed by atoms with Crippen LogP contribution < -0.4 is 0 Å². The molecule has 0 N–H and O–H groups in total. The summed E-state index contributed by atoms with van der Waals surface area (Å²) < 4.78 is 15.8. The van der Waals surface area contributed by atoms with Gasteiger partial charge in [0.05, 0.1) is 6.61 Å². The van der Waals surface area contributed by atoms with Crippen molar-refractivity contribution in [2.75, 3.05) is 13.3 Å². The van der Waals surface area contributed by atoms with E-state index in [1.807, 2.05) is 0 Å². The Kier molecular flexibility index (Phi) is 4.78. The van der Waals surface area contributed by atoms with E-state index in [2.05, 4.69) is 4.74 Å². The molecule has 0 fully saturated rings. The van der Waals surface area contributed by atoms with E-state index < -0.39 is 12.6 Å². The zero-order valence-corrected chi connectivity index (χ0v) is 5.26. The predicted molar refractivity (Wildman–Crippen MR) is 31.7 cm³/mol. The van der Waals surface area contributed by atoms with E-state index in [-0.39, 0.29) is 0 Å². The molecule has 0 saturated heterocycles. The van der Waals surface area contributed by atoms with Gasteiger partial charge in [0.1, 0.15) is 6.67 Å². The zero-order chi connectivity index (χ0) is 7.11. The summed E-state index contributed by atoms with van der Waals surface area (Å²) in [5.74, 6) is -0.491. The Morgan fingerprint density at radius 2 is 2.44 bits per heavy atom. The van der Waals surface area contributed by atoms with Gasteiger partial charge in [-0.15, -0.1) is 0 Å². The molecule has 0 aromatic carbocycles. The largest absolute Gasteiger partial charge is 0.463 e. The highest BCUT2D eigenvalue weighted by molar-refractivity contribution is 5.81. The Hall–Kier alpha value is -0.860. The molecule has 0 rings (SSSR count). The van der Waals surface area contributed by atoms with E-state index in [9.17, 15) is 9.18 Å². The molecule has 0 aliphatic carbocycles. The molecule has 0 spiro atoms. The van der Waals surface area contributed by atoms with Crippen LogP contribution >= 0.6 is 0 Å². The van der Waals surface area contributed by atoms with Crippen LogP contribution in [0.15, 0.2) is 12.2 Å². The lowest BCUT2D eigenvalue weighted by atomic mass is 10.5. The molecule has 0 aromatic heterocycles. The molecule has 3 heteroatoms. The highest BCUT2D eigenvalue weighted by Gasteiger charge is 1.90. The summed E-state index contributed by atoms with van der Waals surface area (Å²) in [6.45, 7) is 1.40. The third-order valence-electron chi connectivity index (χ3n) is 0.630. The van der Waals surface area contributed by atoms with Crippen molar-refractivity contribution >= 4 is 5.97 Å². The maximum Gasteiger partial charge on any atom is 0.330 e. The summed E-state index contributed by atoms with van der Waals surface area (Å²) in [4.78, 5) is 10.3. The van der Waals surface area contributed by atoms with Crippen molar-refractivity contribution in [3.8, 4) is 0 Å². The number of hydrogen-bond acceptors (Lipinski definition) is 2. The van der Waals surface area contributed by atoms with E-state index in [1.54, 1.807) is 6.92 Å². The first-order chi connectivity index (χ1) is 4.31. The van der Waals surface area contributed by atoms with Crippen LogP contribution in [0.1, 0.15) is 6.92 Å². The van der Waals surface area contributed by atoms with Crippen molar-refractivity contribution in [1.82, 2.24) is 0 Å². The van der Waals surface area contributed by atoms with Gasteiger partial charge in [-0.05, 0) is 13.0 Å². The van der Waals surface area contributed by atoms with Crippen molar-refractivity contribution in [3.05, 3.63) is 12.2 Å². The molecule has 0 saturated carbocycles. The summed E-state index contributed by atoms with van der Waals surface area (Å²) in [7, 11) is 0. The Labute approximate surface area is 53.3 Å². The van der Waals surface area contributed by atoms with Crippen LogP contribution in [0.3, 0.4) is 0 Å². The molecule has 2 nitrogen and oxygen atoms in total. The van der Waals surface area contributed by atoms with Crippen LogP contribution in [0.5, 0.6) is 0 Å². The van der Waals surface area contributed by atoms with Crippen LogP contribution in [0.4, 0.5) is 4.39 Å². The van der Waals surface area contributed by atoms with Crippen LogP contribution in [-0.4, -0.2) is 19.3 Å². The molecule has 0 atom stereocenters. The number of rotatable bonds is 3. The average Bonchev–Trinajstić information content (AvgIpc) is 1.85. The van der Waals surface area contributed by atoms with Crippen molar-refractivity contribution in [2.24, 2.45) is 0 Å². The summed E-state index contributed by atoms with van der Waals surface area (Å²) in [5, 5.41) is 0. The van der Waals surface area contributed by atoms with Crippen molar-refractivity contribution in [3.63, 3.8) is 0 Å². The molecule has 0 amide bonds. The average molecular weight is 132 g/mol. The monoisotopic (exact) mass is 132 g/mol. The first kappa shape index (κ1) is 8.14. The number of hydrogen-bond donors (Lipinski definition) is 0. The maximum absolute atomic E-state index is 11.3. The molecule has 0 aliphatic heterocycles. The quantitative estimate of drug-likeness (QED) is 0.424.